The summed E-state index contributed by atoms with van der Waals surface area (Å²) >= 11 is 0. The Morgan fingerprint density at radius 2 is 2.15 bits per heavy atom. The molecular weight excluding hydrogens is 160 g/mol. The highest BCUT2D eigenvalue weighted by Crippen LogP contribution is 1.98. The van der Waals surface area contributed by atoms with E-state index in [1.807, 2.05) is 38.2 Å². The van der Waals surface area contributed by atoms with E-state index in [1.165, 1.54) is 0 Å². The highest BCUT2D eigenvalue weighted by molar-refractivity contribution is 5.52. The van der Waals surface area contributed by atoms with Crippen molar-refractivity contribution in [1.29, 1.82) is 0 Å². The van der Waals surface area contributed by atoms with E-state index in [9.17, 15) is 0 Å². The second-order valence-electron chi connectivity index (χ2n) is 2.59. The third-order valence-electron chi connectivity index (χ3n) is 1.41. The zero-order valence-electron chi connectivity index (χ0n) is 8.46. The van der Waals surface area contributed by atoms with E-state index in [0.29, 0.717) is 0 Å². The fraction of sp³-hybridized carbons (Fsp3) is 0.364. The van der Waals surface area contributed by atoms with Crippen molar-refractivity contribution in [3.05, 3.63) is 36.5 Å². The van der Waals surface area contributed by atoms with Crippen LogP contribution in [0.3, 0.4) is 0 Å². The molecule has 0 rings (SSSR count). The van der Waals surface area contributed by atoms with Gasteiger partial charge in [0.15, 0.2) is 0 Å². The maximum absolute atomic E-state index is 3.91. The first-order valence-corrected chi connectivity index (χ1v) is 4.49. The number of nitrogens with zero attached hydrogens (tertiary/aromatic N) is 1. The second kappa shape index (κ2) is 8.78. The van der Waals surface area contributed by atoms with Crippen molar-refractivity contribution in [2.24, 2.45) is 5.10 Å². The van der Waals surface area contributed by atoms with Crippen LogP contribution in [0, 0.1) is 0 Å². The first-order valence-electron chi connectivity index (χ1n) is 4.49. The summed E-state index contributed by atoms with van der Waals surface area (Å²) in [7, 11) is 0. The van der Waals surface area contributed by atoms with Gasteiger partial charge < -0.3 is 5.43 Å². The van der Waals surface area contributed by atoms with E-state index in [0.717, 1.165) is 18.5 Å². The molecule has 0 amide bonds. The molecule has 0 aromatic rings. The molecule has 0 fully saturated rings. The first-order chi connectivity index (χ1) is 6.31. The minimum atomic E-state index is 0.837. The van der Waals surface area contributed by atoms with Gasteiger partial charge in [-0.3, -0.25) is 0 Å². The molecule has 13 heavy (non-hydrogen) atoms. The predicted molar refractivity (Wildman–Crippen MR) is 59.9 cm³/mol. The molecule has 0 saturated carbocycles. The minimum absolute atomic E-state index is 0.837. The zero-order valence-corrected chi connectivity index (χ0v) is 8.46. The molecule has 2 nitrogen and oxygen atoms in total. The first kappa shape index (κ1) is 11.7. The molecule has 1 N–H and O–H groups in total. The van der Waals surface area contributed by atoms with Gasteiger partial charge >= 0.3 is 0 Å². The molecule has 0 radical (unpaired) electrons. The fourth-order valence-electron chi connectivity index (χ4n) is 0.758. The Bertz CT molecular complexity index is 212. The van der Waals surface area contributed by atoms with Crippen LogP contribution in [-0.4, -0.2) is 12.8 Å². The number of hydrogen-bond acceptors (Lipinski definition) is 2. The van der Waals surface area contributed by atoms with Gasteiger partial charge in [-0.25, -0.2) is 0 Å². The van der Waals surface area contributed by atoms with E-state index in [1.54, 1.807) is 6.21 Å². The molecule has 0 atom stereocenters. The van der Waals surface area contributed by atoms with Crippen molar-refractivity contribution >= 4 is 6.21 Å². The van der Waals surface area contributed by atoms with Crippen LogP contribution < -0.4 is 5.43 Å². The van der Waals surface area contributed by atoms with Crippen LogP contribution in [0.15, 0.2) is 41.6 Å². The lowest BCUT2D eigenvalue weighted by Crippen LogP contribution is -2.07. The summed E-state index contributed by atoms with van der Waals surface area (Å²) in [6.07, 6.45) is 10.6. The maximum Gasteiger partial charge on any atom is 0.0369 e. The van der Waals surface area contributed by atoms with E-state index in [4.69, 9.17) is 0 Å². The summed E-state index contributed by atoms with van der Waals surface area (Å²) in [5, 5.41) is 3.89. The van der Waals surface area contributed by atoms with Crippen molar-refractivity contribution in [2.45, 2.75) is 20.3 Å². The Morgan fingerprint density at radius 1 is 1.38 bits per heavy atom. The SMILES string of the molecule is C=C(/C=C\C=C/C)CCN/N=C/C. The molecule has 0 aliphatic heterocycles. The summed E-state index contributed by atoms with van der Waals surface area (Å²) in [5.41, 5.74) is 4.02. The number of hydrazone groups is 1. The number of allylic oxidation sites excluding steroid dienone is 4. The van der Waals surface area contributed by atoms with Gasteiger partial charge in [-0.2, -0.15) is 5.10 Å². The van der Waals surface area contributed by atoms with Crippen molar-refractivity contribution in [3.8, 4) is 0 Å². The van der Waals surface area contributed by atoms with E-state index in [2.05, 4.69) is 17.1 Å². The van der Waals surface area contributed by atoms with E-state index >= 15 is 0 Å². The van der Waals surface area contributed by atoms with E-state index < -0.39 is 0 Å². The van der Waals surface area contributed by atoms with Gasteiger partial charge in [0.25, 0.3) is 0 Å². The Hall–Kier alpha value is -1.31. The number of nitrogens with one attached hydrogen (secondary N) is 1. The van der Waals surface area contributed by atoms with Crippen LogP contribution in [0.5, 0.6) is 0 Å². The molecule has 72 valence electrons. The normalized spacial score (nSPS) is 11.8. The van der Waals surface area contributed by atoms with Crippen LogP contribution >= 0.6 is 0 Å². The van der Waals surface area contributed by atoms with Crippen molar-refractivity contribution in [1.82, 2.24) is 5.43 Å². The van der Waals surface area contributed by atoms with Gasteiger partial charge in [-0.05, 0) is 20.3 Å². The molecule has 0 spiro atoms. The third kappa shape index (κ3) is 8.60. The second-order valence-corrected chi connectivity index (χ2v) is 2.59. The summed E-state index contributed by atoms with van der Waals surface area (Å²) in [4.78, 5) is 0. The molecule has 0 unspecified atom stereocenters. The van der Waals surface area contributed by atoms with Crippen molar-refractivity contribution < 1.29 is 0 Å². The van der Waals surface area contributed by atoms with Crippen LogP contribution in [0.2, 0.25) is 0 Å². The smallest absolute Gasteiger partial charge is 0.0369 e. The summed E-state index contributed by atoms with van der Waals surface area (Å²) < 4.78 is 0. The molecule has 0 aromatic carbocycles. The van der Waals surface area contributed by atoms with Crippen molar-refractivity contribution in [2.75, 3.05) is 6.54 Å². The lowest BCUT2D eigenvalue weighted by molar-refractivity contribution is 0.736. The average Bonchev–Trinajstić information content (AvgIpc) is 2.13. The standard InChI is InChI=1S/C11H18N2/c1-4-6-7-8-11(3)9-10-13-12-5-2/h4-8,13H,3,9-10H2,1-2H3/b6-4-,8-7-,12-5+. The molecule has 2 heteroatoms. The average molecular weight is 178 g/mol. The Morgan fingerprint density at radius 3 is 2.77 bits per heavy atom. The van der Waals surface area contributed by atoms with Gasteiger partial charge in [0.1, 0.15) is 0 Å². The third-order valence-corrected chi connectivity index (χ3v) is 1.41. The molecule has 0 aromatic heterocycles. The molecule has 0 aliphatic rings. The molecule has 0 heterocycles. The zero-order chi connectivity index (χ0) is 9.94. The van der Waals surface area contributed by atoms with Gasteiger partial charge in [0, 0.05) is 12.8 Å². The van der Waals surface area contributed by atoms with Crippen molar-refractivity contribution in [3.63, 3.8) is 0 Å². The fourth-order valence-corrected chi connectivity index (χ4v) is 0.758. The van der Waals surface area contributed by atoms with Gasteiger partial charge in [0.2, 0.25) is 0 Å². The summed E-state index contributed by atoms with van der Waals surface area (Å²) in [6.45, 7) is 8.62. The van der Waals surface area contributed by atoms with Crippen LogP contribution in [0.1, 0.15) is 20.3 Å². The molecule has 0 saturated heterocycles. The van der Waals surface area contributed by atoms with Gasteiger partial charge in [-0.15, -0.1) is 0 Å². The molecular formula is C11H18N2. The largest absolute Gasteiger partial charge is 0.310 e. The topological polar surface area (TPSA) is 24.4 Å². The quantitative estimate of drug-likeness (QED) is 0.287. The lowest BCUT2D eigenvalue weighted by Gasteiger charge is -1.98. The minimum Gasteiger partial charge on any atom is -0.310 e. The highest BCUT2D eigenvalue weighted by atomic mass is 15.3. The van der Waals surface area contributed by atoms with Crippen LogP contribution in [0.4, 0.5) is 0 Å². The van der Waals surface area contributed by atoms with Gasteiger partial charge in [0.05, 0.1) is 0 Å². The Balaban J connectivity index is 3.51. The molecule has 0 bridgehead atoms. The lowest BCUT2D eigenvalue weighted by atomic mass is 10.2. The number of hydrogen-bond donors (Lipinski definition) is 1. The predicted octanol–water partition coefficient (Wildman–Crippen LogP) is 2.66. The highest BCUT2D eigenvalue weighted by Gasteiger charge is 1.86. The number of rotatable bonds is 6. The van der Waals surface area contributed by atoms with Crippen LogP contribution in [-0.2, 0) is 0 Å². The summed E-state index contributed by atoms with van der Waals surface area (Å²) in [5.74, 6) is 0. The monoisotopic (exact) mass is 178 g/mol. The summed E-state index contributed by atoms with van der Waals surface area (Å²) in [6, 6.07) is 0. The van der Waals surface area contributed by atoms with E-state index in [-0.39, 0.29) is 0 Å². The molecule has 0 aliphatic carbocycles. The van der Waals surface area contributed by atoms with Crippen LogP contribution in [0.25, 0.3) is 0 Å². The Kier molecular flexibility index (Phi) is 7.90. The maximum atomic E-state index is 3.91. The van der Waals surface area contributed by atoms with Gasteiger partial charge in [-0.1, -0.05) is 36.5 Å². The Labute approximate surface area is 80.7 Å².